The molecule has 220 valence electrons. The number of rotatable bonds is 9. The lowest BCUT2D eigenvalue weighted by atomic mass is 10.2. The van der Waals surface area contributed by atoms with Crippen LogP contribution in [0.2, 0.25) is 0 Å². The molecule has 0 aliphatic carbocycles. The molecule has 0 radical (unpaired) electrons. The van der Waals surface area contributed by atoms with Gasteiger partial charge in [0.2, 0.25) is 0 Å². The van der Waals surface area contributed by atoms with E-state index in [4.69, 9.17) is 0 Å². The average molecular weight is 601 g/mol. The fraction of sp³-hybridized carbons (Fsp3) is 0.562. The number of nitrogens with one attached hydrogen (secondary N) is 1. The molecule has 0 spiro atoms. The first kappa shape index (κ1) is 33.2. The molecule has 1 N–H and O–H groups in total. The first-order valence-electron chi connectivity index (χ1n) is 8.67. The van der Waals surface area contributed by atoms with E-state index in [0.29, 0.717) is 12.1 Å². The predicted octanol–water partition coefficient (Wildman–Crippen LogP) is 6.51. The molecule has 22 heteroatoms. The number of benzene rings is 1. The van der Waals surface area contributed by atoms with Gasteiger partial charge in [0.15, 0.2) is 0 Å². The Morgan fingerprint density at radius 3 is 1.42 bits per heavy atom. The summed E-state index contributed by atoms with van der Waals surface area (Å²) in [5.74, 6) is -26.4. The van der Waals surface area contributed by atoms with Crippen LogP contribution in [-0.4, -0.2) is 61.4 Å². The predicted molar refractivity (Wildman–Crippen MR) is 84.5 cm³/mol. The molecule has 2 atom stereocenters. The number of hydrogen-bond donors (Lipinski definition) is 1. The molecule has 0 unspecified atom stereocenters. The Bertz CT molecular complexity index is 988. The molecule has 0 fully saturated rings. The van der Waals surface area contributed by atoms with Crippen molar-refractivity contribution < 1.29 is 93.6 Å². The lowest BCUT2D eigenvalue weighted by Gasteiger charge is -2.40. The third kappa shape index (κ3) is 5.94. The van der Waals surface area contributed by atoms with Crippen LogP contribution in [0.25, 0.3) is 0 Å². The van der Waals surface area contributed by atoms with Crippen LogP contribution in [0.4, 0.5) is 80.3 Å². The highest BCUT2D eigenvalue weighted by Gasteiger charge is 2.85. The molecule has 38 heavy (non-hydrogen) atoms. The van der Waals surface area contributed by atoms with Crippen molar-refractivity contribution in [1.29, 1.82) is 0 Å². The fourth-order valence-corrected chi connectivity index (χ4v) is 2.05. The van der Waals surface area contributed by atoms with E-state index >= 15 is 0 Å². The van der Waals surface area contributed by atoms with Crippen molar-refractivity contribution >= 4 is 11.6 Å². The summed E-state index contributed by atoms with van der Waals surface area (Å²) in [6, 6.07) is 2.80. The first-order chi connectivity index (χ1) is 16.6. The standard InChI is InChI=1S/C16H8F17NO4/c1-36-7-4-2-6(3-5-7)34-8(35)9(17,12(21,22)23)37-16(32,33)11(20,14(27,28)29)38-15(30,31)10(18,19)13(24,25)26/h2-5H,1H3,(H,34,35)/t9-,11+/m1/s1. The van der Waals surface area contributed by atoms with Crippen molar-refractivity contribution in [1.82, 2.24) is 0 Å². The highest BCUT2D eigenvalue weighted by atomic mass is 19.4. The number of amides is 1. The number of ether oxygens (including phenoxy) is 3. The zero-order valence-electron chi connectivity index (χ0n) is 17.4. The number of carbonyl (C=O) groups excluding carboxylic acids is 1. The van der Waals surface area contributed by atoms with Crippen molar-refractivity contribution in [3.05, 3.63) is 24.3 Å². The molecule has 5 nitrogen and oxygen atoms in total. The number of alkyl halides is 17. The minimum absolute atomic E-state index is 0.0887. The molecule has 0 aliphatic heterocycles. The van der Waals surface area contributed by atoms with Crippen molar-refractivity contribution in [3.63, 3.8) is 0 Å². The van der Waals surface area contributed by atoms with E-state index < -0.39 is 60.0 Å². The zero-order chi connectivity index (χ0) is 30.4. The summed E-state index contributed by atoms with van der Waals surface area (Å²) >= 11 is 0. The largest absolute Gasteiger partial charge is 0.497 e. The zero-order valence-corrected chi connectivity index (χ0v) is 17.4. The van der Waals surface area contributed by atoms with Gasteiger partial charge in [-0.15, -0.1) is 0 Å². The van der Waals surface area contributed by atoms with Crippen molar-refractivity contribution in [3.8, 4) is 5.75 Å². The van der Waals surface area contributed by atoms with Gasteiger partial charge in [-0.05, 0) is 24.3 Å². The van der Waals surface area contributed by atoms with E-state index in [-0.39, 0.29) is 5.75 Å². The lowest BCUT2D eigenvalue weighted by Crippen LogP contribution is -2.68. The fourth-order valence-electron chi connectivity index (χ4n) is 2.05. The molecule has 0 heterocycles. The van der Waals surface area contributed by atoms with Gasteiger partial charge in [-0.2, -0.15) is 74.6 Å². The second-order valence-corrected chi connectivity index (χ2v) is 6.68. The van der Waals surface area contributed by atoms with Gasteiger partial charge in [0.25, 0.3) is 5.91 Å². The molecule has 1 aromatic carbocycles. The van der Waals surface area contributed by atoms with E-state index in [1.54, 1.807) is 0 Å². The summed E-state index contributed by atoms with van der Waals surface area (Å²) in [5, 5.41) is 0.836. The molecule has 1 aromatic rings. The van der Waals surface area contributed by atoms with Gasteiger partial charge < -0.3 is 10.1 Å². The highest BCUT2D eigenvalue weighted by molar-refractivity contribution is 5.96. The van der Waals surface area contributed by atoms with Crippen LogP contribution in [-0.2, 0) is 14.3 Å². The molecule has 0 bridgehead atoms. The van der Waals surface area contributed by atoms with Crippen LogP contribution < -0.4 is 10.1 Å². The second-order valence-electron chi connectivity index (χ2n) is 6.68. The lowest BCUT2D eigenvalue weighted by molar-refractivity contribution is -0.548. The molecule has 0 aliphatic rings. The van der Waals surface area contributed by atoms with Crippen LogP contribution in [0.5, 0.6) is 5.75 Å². The monoisotopic (exact) mass is 601 g/mol. The van der Waals surface area contributed by atoms with E-state index in [1.807, 2.05) is 4.74 Å². The number of halogens is 17. The second kappa shape index (κ2) is 9.75. The minimum Gasteiger partial charge on any atom is -0.497 e. The quantitative estimate of drug-likeness (QED) is 0.329. The van der Waals surface area contributed by atoms with Crippen LogP contribution >= 0.6 is 0 Å². The molecule has 0 saturated carbocycles. The van der Waals surface area contributed by atoms with Gasteiger partial charge in [0.1, 0.15) is 5.75 Å². The molecule has 0 aromatic heterocycles. The third-order valence-electron chi connectivity index (χ3n) is 4.00. The summed E-state index contributed by atoms with van der Waals surface area (Å²) < 4.78 is 231. The van der Waals surface area contributed by atoms with E-state index in [9.17, 15) is 79.4 Å². The van der Waals surface area contributed by atoms with E-state index in [1.165, 1.54) is 4.74 Å². The Labute approximate surface area is 197 Å². The van der Waals surface area contributed by atoms with Gasteiger partial charge in [-0.25, -0.2) is 0 Å². The van der Waals surface area contributed by atoms with Crippen molar-refractivity contribution in [2.45, 2.75) is 48.4 Å². The smallest absolute Gasteiger partial charge is 0.462 e. The maximum atomic E-state index is 14.4. The maximum absolute atomic E-state index is 14.4. The molecular weight excluding hydrogens is 593 g/mol. The Morgan fingerprint density at radius 1 is 0.632 bits per heavy atom. The maximum Gasteiger partial charge on any atom is 0.462 e. The van der Waals surface area contributed by atoms with Crippen LogP contribution in [0.1, 0.15) is 0 Å². The number of carbonyl (C=O) groups is 1. The SMILES string of the molecule is COc1ccc(NC(=O)[C@@](F)(OC(F)(F)[C@@](F)(OC(F)(F)C(F)(F)C(F)(F)F)C(F)(F)F)C(F)(F)F)cc1. The number of hydrogen-bond acceptors (Lipinski definition) is 4. The van der Waals surface area contributed by atoms with Gasteiger partial charge in [0.05, 0.1) is 7.11 Å². The minimum atomic E-state index is -8.07. The number of methoxy groups -OCH3 is 1. The molecule has 1 rings (SSSR count). The molecule has 1 amide bonds. The van der Waals surface area contributed by atoms with Gasteiger partial charge in [0, 0.05) is 5.69 Å². The van der Waals surface area contributed by atoms with E-state index in [0.717, 1.165) is 24.6 Å². The van der Waals surface area contributed by atoms with Crippen LogP contribution in [0, 0.1) is 0 Å². The van der Waals surface area contributed by atoms with Gasteiger partial charge >= 0.3 is 48.4 Å². The average Bonchev–Trinajstić information content (AvgIpc) is 2.70. The highest BCUT2D eigenvalue weighted by Crippen LogP contribution is 2.56. The molecular formula is C16H8F17NO4. The Balaban J connectivity index is 3.59. The molecule has 0 saturated heterocycles. The first-order valence-corrected chi connectivity index (χ1v) is 8.67. The van der Waals surface area contributed by atoms with Crippen LogP contribution in [0.15, 0.2) is 24.3 Å². The number of anilines is 1. The van der Waals surface area contributed by atoms with Crippen LogP contribution in [0.3, 0.4) is 0 Å². The van der Waals surface area contributed by atoms with E-state index in [2.05, 4.69) is 4.74 Å². The van der Waals surface area contributed by atoms with Gasteiger partial charge in [-0.1, -0.05) is 0 Å². The summed E-state index contributed by atoms with van der Waals surface area (Å²) in [4.78, 5) is 11.7. The summed E-state index contributed by atoms with van der Waals surface area (Å²) in [5.41, 5.74) is -0.955. The summed E-state index contributed by atoms with van der Waals surface area (Å²) in [6.07, 6.45) is -38.6. The summed E-state index contributed by atoms with van der Waals surface area (Å²) in [7, 11) is 1.04. The normalized spacial score (nSPS) is 17.4. The van der Waals surface area contributed by atoms with Crippen molar-refractivity contribution in [2.24, 2.45) is 0 Å². The van der Waals surface area contributed by atoms with Gasteiger partial charge in [-0.3, -0.25) is 14.3 Å². The third-order valence-corrected chi connectivity index (χ3v) is 4.00. The topological polar surface area (TPSA) is 56.8 Å². The Kier molecular flexibility index (Phi) is 8.54. The van der Waals surface area contributed by atoms with Crippen molar-refractivity contribution in [2.75, 3.05) is 12.4 Å². The Morgan fingerprint density at radius 2 is 1.08 bits per heavy atom. The Hall–Kier alpha value is -2.78. The summed E-state index contributed by atoms with van der Waals surface area (Å²) in [6.45, 7) is 0.